The van der Waals surface area contributed by atoms with Crippen molar-refractivity contribution in [2.75, 3.05) is 13.7 Å². The molecule has 0 fully saturated rings. The van der Waals surface area contributed by atoms with Crippen LogP contribution < -0.4 is 5.73 Å². The van der Waals surface area contributed by atoms with Gasteiger partial charge in [-0.2, -0.15) is 0 Å². The predicted molar refractivity (Wildman–Crippen MR) is 46.1 cm³/mol. The lowest BCUT2D eigenvalue weighted by atomic mass is 10.2. The van der Waals surface area contributed by atoms with E-state index < -0.39 is 12.0 Å². The first-order chi connectivity index (χ1) is 6.19. The Bertz CT molecular complexity index is 295. The summed E-state index contributed by atoms with van der Waals surface area (Å²) in [5, 5.41) is 8.74. The SMILES string of the molecule is COC(=O)c1cc(C(N)CO)c[nH]1. The highest BCUT2D eigenvalue weighted by molar-refractivity contribution is 5.87. The Balaban J connectivity index is 2.80. The summed E-state index contributed by atoms with van der Waals surface area (Å²) in [5.41, 5.74) is 6.54. The molecule has 0 bridgehead atoms. The molecule has 0 saturated heterocycles. The molecule has 72 valence electrons. The summed E-state index contributed by atoms with van der Waals surface area (Å²) in [6.07, 6.45) is 1.58. The number of ether oxygens (including phenoxy) is 1. The molecule has 1 aromatic heterocycles. The molecule has 0 aromatic carbocycles. The Morgan fingerprint density at radius 3 is 3.08 bits per heavy atom. The Morgan fingerprint density at radius 1 is 1.85 bits per heavy atom. The molecule has 0 amide bonds. The van der Waals surface area contributed by atoms with Gasteiger partial charge in [-0.15, -0.1) is 0 Å². The average Bonchev–Trinajstić information content (AvgIpc) is 2.64. The van der Waals surface area contributed by atoms with Crippen molar-refractivity contribution in [3.63, 3.8) is 0 Å². The second kappa shape index (κ2) is 4.06. The van der Waals surface area contributed by atoms with Crippen LogP contribution in [-0.2, 0) is 4.74 Å². The lowest BCUT2D eigenvalue weighted by molar-refractivity contribution is 0.0595. The molecular weight excluding hydrogens is 172 g/mol. The van der Waals surface area contributed by atoms with Crippen molar-refractivity contribution in [3.8, 4) is 0 Å². The zero-order chi connectivity index (χ0) is 9.84. The van der Waals surface area contributed by atoms with Gasteiger partial charge in [0.15, 0.2) is 0 Å². The van der Waals surface area contributed by atoms with Gasteiger partial charge in [0.1, 0.15) is 5.69 Å². The van der Waals surface area contributed by atoms with E-state index in [-0.39, 0.29) is 6.61 Å². The number of aromatic amines is 1. The van der Waals surface area contributed by atoms with Crippen LogP contribution in [0.15, 0.2) is 12.3 Å². The molecule has 13 heavy (non-hydrogen) atoms. The zero-order valence-corrected chi connectivity index (χ0v) is 7.28. The van der Waals surface area contributed by atoms with Crippen LogP contribution in [0, 0.1) is 0 Å². The van der Waals surface area contributed by atoms with E-state index in [1.54, 1.807) is 12.3 Å². The van der Waals surface area contributed by atoms with Crippen LogP contribution in [0.25, 0.3) is 0 Å². The maximum Gasteiger partial charge on any atom is 0.354 e. The highest BCUT2D eigenvalue weighted by Crippen LogP contribution is 2.11. The van der Waals surface area contributed by atoms with Gasteiger partial charge in [0.05, 0.1) is 19.8 Å². The maximum absolute atomic E-state index is 11.0. The maximum atomic E-state index is 11.0. The molecule has 0 radical (unpaired) electrons. The van der Waals surface area contributed by atoms with Gasteiger partial charge >= 0.3 is 5.97 Å². The number of hydrogen-bond donors (Lipinski definition) is 3. The Kier molecular flexibility index (Phi) is 3.05. The fraction of sp³-hybridized carbons (Fsp3) is 0.375. The zero-order valence-electron chi connectivity index (χ0n) is 7.28. The first-order valence-electron chi connectivity index (χ1n) is 3.82. The van der Waals surface area contributed by atoms with E-state index in [0.717, 1.165) is 0 Å². The van der Waals surface area contributed by atoms with Crippen molar-refractivity contribution in [2.24, 2.45) is 5.73 Å². The number of aliphatic hydroxyl groups is 1. The van der Waals surface area contributed by atoms with Crippen LogP contribution in [0.4, 0.5) is 0 Å². The molecule has 0 spiro atoms. The van der Waals surface area contributed by atoms with Gasteiger partial charge in [0.2, 0.25) is 0 Å². The van der Waals surface area contributed by atoms with Crippen molar-refractivity contribution in [1.82, 2.24) is 4.98 Å². The topological polar surface area (TPSA) is 88.3 Å². The van der Waals surface area contributed by atoms with Crippen LogP contribution in [0.1, 0.15) is 22.1 Å². The summed E-state index contributed by atoms with van der Waals surface area (Å²) >= 11 is 0. The number of aromatic nitrogens is 1. The number of carbonyl (C=O) groups is 1. The fourth-order valence-corrected chi connectivity index (χ4v) is 0.958. The summed E-state index contributed by atoms with van der Waals surface area (Å²) < 4.78 is 4.49. The van der Waals surface area contributed by atoms with E-state index in [4.69, 9.17) is 10.8 Å². The lowest BCUT2D eigenvalue weighted by Gasteiger charge is -2.02. The number of esters is 1. The molecule has 5 nitrogen and oxygen atoms in total. The molecule has 0 aliphatic rings. The van der Waals surface area contributed by atoms with Crippen molar-refractivity contribution in [3.05, 3.63) is 23.5 Å². The number of aliphatic hydroxyl groups excluding tert-OH is 1. The Morgan fingerprint density at radius 2 is 2.54 bits per heavy atom. The van der Waals surface area contributed by atoms with Gasteiger partial charge in [0.25, 0.3) is 0 Å². The van der Waals surface area contributed by atoms with Gasteiger partial charge < -0.3 is 20.6 Å². The summed E-state index contributed by atoms with van der Waals surface area (Å²) in [6.45, 7) is -0.154. The van der Waals surface area contributed by atoms with Gasteiger partial charge in [0, 0.05) is 6.20 Å². The van der Waals surface area contributed by atoms with E-state index in [0.29, 0.717) is 11.3 Å². The Hall–Kier alpha value is -1.33. The van der Waals surface area contributed by atoms with Crippen molar-refractivity contribution in [2.45, 2.75) is 6.04 Å². The number of H-pyrrole nitrogens is 1. The van der Waals surface area contributed by atoms with E-state index in [1.807, 2.05) is 0 Å². The molecule has 5 heteroatoms. The third-order valence-electron chi connectivity index (χ3n) is 1.74. The smallest absolute Gasteiger partial charge is 0.354 e. The summed E-state index contributed by atoms with van der Waals surface area (Å²) in [6, 6.07) is 1.10. The van der Waals surface area contributed by atoms with Gasteiger partial charge in [-0.05, 0) is 11.6 Å². The highest BCUT2D eigenvalue weighted by atomic mass is 16.5. The minimum Gasteiger partial charge on any atom is -0.464 e. The average molecular weight is 184 g/mol. The molecule has 1 aromatic rings. The van der Waals surface area contributed by atoms with Crippen LogP contribution in [-0.4, -0.2) is 29.8 Å². The highest BCUT2D eigenvalue weighted by Gasteiger charge is 2.11. The molecule has 0 aliphatic carbocycles. The summed E-state index contributed by atoms with van der Waals surface area (Å²) in [5.74, 6) is -0.448. The number of carbonyl (C=O) groups excluding carboxylic acids is 1. The van der Waals surface area contributed by atoms with Gasteiger partial charge in [-0.25, -0.2) is 4.79 Å². The number of methoxy groups -OCH3 is 1. The minimum absolute atomic E-state index is 0.154. The normalized spacial score (nSPS) is 12.5. The second-order valence-corrected chi connectivity index (χ2v) is 2.63. The van der Waals surface area contributed by atoms with E-state index in [2.05, 4.69) is 9.72 Å². The first-order valence-corrected chi connectivity index (χ1v) is 3.82. The van der Waals surface area contributed by atoms with Gasteiger partial charge in [-0.1, -0.05) is 0 Å². The Labute approximate surface area is 75.5 Å². The van der Waals surface area contributed by atoms with Crippen molar-refractivity contribution in [1.29, 1.82) is 0 Å². The number of rotatable bonds is 3. The molecule has 0 saturated carbocycles. The largest absolute Gasteiger partial charge is 0.464 e. The number of nitrogens with two attached hydrogens (primary N) is 1. The molecule has 1 atom stereocenters. The molecule has 1 heterocycles. The summed E-state index contributed by atoms with van der Waals surface area (Å²) in [4.78, 5) is 13.7. The summed E-state index contributed by atoms with van der Waals surface area (Å²) in [7, 11) is 1.30. The van der Waals surface area contributed by atoms with Crippen LogP contribution in [0.3, 0.4) is 0 Å². The molecule has 1 rings (SSSR count). The third kappa shape index (κ3) is 2.07. The van der Waals surface area contributed by atoms with Gasteiger partial charge in [-0.3, -0.25) is 0 Å². The quantitative estimate of drug-likeness (QED) is 0.567. The number of nitrogens with one attached hydrogen (secondary N) is 1. The lowest BCUT2D eigenvalue weighted by Crippen LogP contribution is -2.13. The number of hydrogen-bond acceptors (Lipinski definition) is 4. The monoisotopic (exact) mass is 184 g/mol. The van der Waals surface area contributed by atoms with Crippen LogP contribution in [0.2, 0.25) is 0 Å². The minimum atomic E-state index is -0.463. The molecule has 4 N–H and O–H groups in total. The first kappa shape index (κ1) is 9.76. The third-order valence-corrected chi connectivity index (χ3v) is 1.74. The van der Waals surface area contributed by atoms with E-state index >= 15 is 0 Å². The van der Waals surface area contributed by atoms with Crippen molar-refractivity contribution >= 4 is 5.97 Å². The standard InChI is InChI=1S/C8H12N2O3/c1-13-8(12)7-2-5(3-10-7)6(9)4-11/h2-3,6,10-11H,4,9H2,1H3. The van der Waals surface area contributed by atoms with E-state index in [1.165, 1.54) is 7.11 Å². The predicted octanol–water partition coefficient (Wildman–Crippen LogP) is -0.207. The van der Waals surface area contributed by atoms with E-state index in [9.17, 15) is 4.79 Å². The van der Waals surface area contributed by atoms with Crippen LogP contribution in [0.5, 0.6) is 0 Å². The second-order valence-electron chi connectivity index (χ2n) is 2.63. The van der Waals surface area contributed by atoms with Crippen molar-refractivity contribution < 1.29 is 14.6 Å². The fourth-order valence-electron chi connectivity index (χ4n) is 0.958. The molecule has 1 unspecified atom stereocenters. The van der Waals surface area contributed by atoms with Crippen LogP contribution >= 0.6 is 0 Å². The molecule has 0 aliphatic heterocycles. The molecular formula is C8H12N2O3.